The van der Waals surface area contributed by atoms with Crippen molar-refractivity contribution in [2.24, 2.45) is 17.6 Å². The zero-order valence-corrected chi connectivity index (χ0v) is 23.4. The van der Waals surface area contributed by atoms with Crippen LogP contribution < -0.4 is 5.73 Å². The molecule has 10 nitrogen and oxygen atoms in total. The number of carbonyl (C=O) groups excluding carboxylic acids is 3. The number of primary amides is 1. The second-order valence-electron chi connectivity index (χ2n) is 8.79. The second kappa shape index (κ2) is 9.99. The largest absolute Gasteiger partial charge is 0.508 e. The number of hydrogen-bond donors (Lipinski definition) is 6. The number of ketones is 2. The molecule has 1 aromatic carbocycles. The van der Waals surface area contributed by atoms with Crippen LogP contribution >= 0.6 is 0 Å². The van der Waals surface area contributed by atoms with E-state index in [1.54, 1.807) is 19.1 Å². The number of phenols is 1. The topological polar surface area (TPSA) is 182 Å². The van der Waals surface area contributed by atoms with Crippen molar-refractivity contribution >= 4 is 98.7 Å². The molecule has 1 fully saturated rings. The van der Waals surface area contributed by atoms with Crippen LogP contribution in [0.5, 0.6) is 5.75 Å². The van der Waals surface area contributed by atoms with E-state index in [4.69, 9.17) is 5.73 Å². The summed E-state index contributed by atoms with van der Waals surface area (Å²) in [6.07, 6.45) is -1.59. The summed E-state index contributed by atoms with van der Waals surface area (Å²) in [5.41, 5.74) is 1.47. The van der Waals surface area contributed by atoms with Crippen molar-refractivity contribution in [2.45, 2.75) is 30.6 Å². The van der Waals surface area contributed by atoms with Gasteiger partial charge in [-0.15, -0.1) is 0 Å². The van der Waals surface area contributed by atoms with Gasteiger partial charge in [-0.05, 0) is 31.6 Å². The maximum atomic E-state index is 13.7. The summed E-state index contributed by atoms with van der Waals surface area (Å²) >= 11 is 0. The number of Topliss-reactive ketones (excluding diaryl/α,β-unsaturated/α-hetero) is 2. The van der Waals surface area contributed by atoms with Gasteiger partial charge in [-0.1, -0.05) is 19.1 Å². The predicted octanol–water partition coefficient (Wildman–Crippen LogP) is -1.27. The van der Waals surface area contributed by atoms with Gasteiger partial charge in [-0.3, -0.25) is 19.3 Å². The summed E-state index contributed by atoms with van der Waals surface area (Å²) in [6.45, 7) is 1.68. The number of aliphatic hydroxyl groups is 4. The van der Waals surface area contributed by atoms with E-state index in [0.29, 0.717) is 5.56 Å². The Bertz CT molecular complexity index is 1150. The first-order valence-electron chi connectivity index (χ1n) is 10.0. The molecule has 0 aliphatic heterocycles. The van der Waals surface area contributed by atoms with Crippen LogP contribution in [0.1, 0.15) is 24.0 Å². The van der Waals surface area contributed by atoms with Crippen molar-refractivity contribution in [1.82, 2.24) is 4.90 Å². The normalized spacial score (nSPS) is 32.4. The summed E-state index contributed by atoms with van der Waals surface area (Å²) in [4.78, 5) is 40.0. The summed E-state index contributed by atoms with van der Waals surface area (Å²) < 4.78 is 0. The molecule has 7 N–H and O–H groups in total. The Morgan fingerprint density at radius 1 is 1.12 bits per heavy atom. The monoisotopic (exact) mass is 524 g/mol. The van der Waals surface area contributed by atoms with Crippen LogP contribution in [0.15, 0.2) is 35.1 Å². The molecule has 174 valence electrons. The van der Waals surface area contributed by atoms with Gasteiger partial charge >= 0.3 is 0 Å². The summed E-state index contributed by atoms with van der Waals surface area (Å²) in [6, 6.07) is 3.13. The predicted molar refractivity (Wildman–Crippen MR) is 122 cm³/mol. The van der Waals surface area contributed by atoms with Gasteiger partial charge in [0.1, 0.15) is 22.8 Å². The van der Waals surface area contributed by atoms with Crippen LogP contribution in [0.3, 0.4) is 0 Å². The third-order valence-electron chi connectivity index (χ3n) is 6.99. The van der Waals surface area contributed by atoms with Gasteiger partial charge in [0.25, 0.3) is 5.91 Å². The average molecular weight is 525 g/mol. The molecule has 1 amide bonds. The summed E-state index contributed by atoms with van der Waals surface area (Å²) in [7, 11) is 2.92. The van der Waals surface area contributed by atoms with Crippen molar-refractivity contribution < 1.29 is 39.9 Å². The van der Waals surface area contributed by atoms with Gasteiger partial charge in [0, 0.05) is 87.0 Å². The number of fused-ring (bicyclic) bond motifs is 3. The third kappa shape index (κ3) is 3.77. The van der Waals surface area contributed by atoms with Gasteiger partial charge < -0.3 is 31.3 Å². The van der Waals surface area contributed by atoms with Gasteiger partial charge in [-0.25, -0.2) is 0 Å². The third-order valence-corrected chi connectivity index (χ3v) is 6.99. The number of rotatable bonds is 2. The molecule has 12 heteroatoms. The maximum absolute atomic E-state index is 13.7. The molecule has 0 heterocycles. The molecule has 0 aromatic heterocycles. The van der Waals surface area contributed by atoms with Crippen molar-refractivity contribution in [1.29, 1.82) is 0 Å². The molecule has 0 bridgehead atoms. The van der Waals surface area contributed by atoms with E-state index in [0.717, 1.165) is 0 Å². The number of likely N-dealkylation sites (N-methyl/N-ethyl adjacent to an activating group) is 1. The van der Waals surface area contributed by atoms with E-state index < -0.39 is 75.6 Å². The Morgan fingerprint density at radius 2 is 1.71 bits per heavy atom. The fourth-order valence-electron chi connectivity index (χ4n) is 5.58. The van der Waals surface area contributed by atoms with E-state index in [1.165, 1.54) is 25.1 Å². The molecule has 1 saturated carbocycles. The van der Waals surface area contributed by atoms with E-state index in [-0.39, 0.29) is 86.8 Å². The minimum atomic E-state index is -2.89. The van der Waals surface area contributed by atoms with Crippen LogP contribution in [0.2, 0.25) is 0 Å². The number of nitrogens with two attached hydrogens (primary N) is 1. The quantitative estimate of drug-likeness (QED) is 0.203. The van der Waals surface area contributed by atoms with Crippen LogP contribution in [0.25, 0.3) is 5.76 Å². The molecule has 1 aromatic rings. The zero-order chi connectivity index (χ0) is 23.9. The molecule has 3 aliphatic carbocycles. The first-order valence-corrected chi connectivity index (χ1v) is 10.0. The van der Waals surface area contributed by atoms with Gasteiger partial charge in [0.15, 0.2) is 11.4 Å². The smallest absolute Gasteiger partial charge is 0.255 e. The number of carbonyl (C=O) groups is 3. The fraction of sp³-hybridized carbons (Fsp3) is 0.409. The van der Waals surface area contributed by atoms with Crippen molar-refractivity contribution in [2.75, 3.05) is 14.1 Å². The van der Waals surface area contributed by atoms with E-state index in [9.17, 15) is 39.9 Å². The SMILES string of the molecule is C[C@H]1c2cccc(O)c2C(O)=C2C(=O)[C@]3(O)C(O)=C(C(N)=O)C(=O)[C@@H](N(C)C)[C@@H]3[C@@H](O)[C@@H]21.[Ca].[Ca]. The molecule has 0 saturated heterocycles. The Kier molecular flexibility index (Phi) is 8.68. The molecule has 3 aliphatic rings. The Morgan fingerprint density at radius 3 is 2.24 bits per heavy atom. The van der Waals surface area contributed by atoms with Crippen LogP contribution in [-0.4, -0.2) is 155 Å². The van der Waals surface area contributed by atoms with E-state index in [1.807, 2.05) is 0 Å². The number of hydrogen-bond acceptors (Lipinski definition) is 9. The Balaban J connectivity index is 0.00000204. The van der Waals surface area contributed by atoms with E-state index in [2.05, 4.69) is 0 Å². The Hall–Kier alpha value is -0.691. The van der Waals surface area contributed by atoms with Gasteiger partial charge in [-0.2, -0.15) is 0 Å². The zero-order valence-electron chi connectivity index (χ0n) is 19.0. The average Bonchev–Trinajstić information content (AvgIpc) is 2.70. The first-order chi connectivity index (χ1) is 14.9. The molecular weight excluding hydrogens is 500 g/mol. The molecule has 4 radical (unpaired) electrons. The van der Waals surface area contributed by atoms with Crippen LogP contribution in [0.4, 0.5) is 0 Å². The van der Waals surface area contributed by atoms with Crippen LogP contribution in [0, 0.1) is 11.8 Å². The molecule has 0 spiro atoms. The number of phenolic OH excluding ortho intramolecular Hbond substituents is 1. The number of benzene rings is 1. The van der Waals surface area contributed by atoms with Crippen molar-refractivity contribution in [3.8, 4) is 5.75 Å². The number of nitrogens with zero attached hydrogens (tertiary/aromatic N) is 1. The molecule has 0 unspecified atom stereocenters. The second-order valence-corrected chi connectivity index (χ2v) is 8.79. The van der Waals surface area contributed by atoms with Crippen molar-refractivity contribution in [3.63, 3.8) is 0 Å². The molecule has 34 heavy (non-hydrogen) atoms. The Labute approximate surface area is 255 Å². The number of aromatic hydroxyl groups is 1. The van der Waals surface area contributed by atoms with Gasteiger partial charge in [0.2, 0.25) is 5.78 Å². The minimum Gasteiger partial charge on any atom is -0.508 e. The van der Waals surface area contributed by atoms with Crippen molar-refractivity contribution in [3.05, 3.63) is 46.2 Å². The summed E-state index contributed by atoms with van der Waals surface area (Å²) in [5.74, 6) is -8.87. The van der Waals surface area contributed by atoms with E-state index >= 15 is 0 Å². The molecular formula is C22H24Ca2N2O8. The maximum Gasteiger partial charge on any atom is 0.255 e. The minimum absolute atomic E-state index is 0. The fourth-order valence-corrected chi connectivity index (χ4v) is 5.58. The summed E-state index contributed by atoms with van der Waals surface area (Å²) in [5, 5.41) is 54.9. The van der Waals surface area contributed by atoms with Gasteiger partial charge in [0.05, 0.1) is 23.6 Å². The number of amides is 1. The first kappa shape index (κ1) is 29.5. The molecule has 4 rings (SSSR count). The standard InChI is InChI=1S/C22H24N2O8.2Ca/c1-7-8-5-4-6-9(25)11(8)16(26)12-10(7)17(27)14-15(24(2)3)18(28)13(21(23)31)20(30)22(14,32)19(12)29;;/h4-7,10,14-15,17,25-27,30,32H,1-3H3,(H2,23,31);;/t7-,10+,14+,15-,17-,22-;;/m0../s1. The number of aliphatic hydroxyl groups excluding tert-OH is 3. The molecule has 6 atom stereocenters. The van der Waals surface area contributed by atoms with Crippen LogP contribution in [-0.2, 0) is 14.4 Å².